The lowest BCUT2D eigenvalue weighted by Crippen LogP contribution is -2.61. The van der Waals surface area contributed by atoms with Gasteiger partial charge >= 0.3 is 0 Å². The monoisotopic (exact) mass is 692 g/mol. The summed E-state index contributed by atoms with van der Waals surface area (Å²) in [5.74, 6) is 0. The van der Waals surface area contributed by atoms with Gasteiger partial charge in [-0.3, -0.25) is 0 Å². The first kappa shape index (κ1) is 31.8. The Morgan fingerprint density at radius 3 is 1.61 bits per heavy atom. The zero-order chi connectivity index (χ0) is 36.7. The Morgan fingerprint density at radius 2 is 0.944 bits per heavy atom. The van der Waals surface area contributed by atoms with Crippen molar-refractivity contribution in [3.63, 3.8) is 0 Å². The largest absolute Gasteiger partial charge is 0.312 e. The van der Waals surface area contributed by atoms with Gasteiger partial charge in [-0.25, -0.2) is 0 Å². The van der Waals surface area contributed by atoms with E-state index < -0.39 is 0 Å². The van der Waals surface area contributed by atoms with Crippen LogP contribution in [0, 0.1) is 0 Å². The average Bonchev–Trinajstić information content (AvgIpc) is 3.69. The summed E-state index contributed by atoms with van der Waals surface area (Å²) in [6.07, 6.45) is 0. The van der Waals surface area contributed by atoms with Gasteiger partial charge in [-0.05, 0) is 109 Å². The van der Waals surface area contributed by atoms with Gasteiger partial charge in [-0.15, -0.1) is 0 Å². The van der Waals surface area contributed by atoms with E-state index in [1.165, 1.54) is 100 Å². The number of anilines is 6. The molecule has 2 nitrogen and oxygen atoms in total. The van der Waals surface area contributed by atoms with E-state index in [-0.39, 0.29) is 24.3 Å². The van der Waals surface area contributed by atoms with Gasteiger partial charge in [0.25, 0.3) is 0 Å². The second-order valence-electron chi connectivity index (χ2n) is 17.7. The molecule has 0 saturated carbocycles. The highest BCUT2D eigenvalue weighted by molar-refractivity contribution is 7.03. The van der Waals surface area contributed by atoms with Crippen LogP contribution in [-0.2, 0) is 10.8 Å². The van der Waals surface area contributed by atoms with Crippen LogP contribution in [0.5, 0.6) is 0 Å². The third-order valence-corrected chi connectivity index (χ3v) is 12.5. The van der Waals surface area contributed by atoms with Gasteiger partial charge in [-0.2, -0.15) is 0 Å². The summed E-state index contributed by atoms with van der Waals surface area (Å²) < 4.78 is 0. The van der Waals surface area contributed by atoms with Crippen LogP contribution in [0.1, 0.15) is 52.7 Å². The SMILES string of the molecule is CC(C)(C)c1ccc2c(c1)-c1cccc3c1B2c1cc2c(c(C(C)(C)C)c1N3c1ccccc1)B1c3ccccc3-c3cccc(c31)N2c1ccccc1. The second-order valence-corrected chi connectivity index (χ2v) is 17.7. The fourth-order valence-electron chi connectivity index (χ4n) is 10.3. The molecule has 0 radical (unpaired) electrons. The Bertz CT molecular complexity index is 2700. The zero-order valence-electron chi connectivity index (χ0n) is 31.9. The predicted octanol–water partition coefficient (Wildman–Crippen LogP) is 8.84. The maximum Gasteiger partial charge on any atom is 0.248 e. The minimum absolute atomic E-state index is 0.0531. The maximum absolute atomic E-state index is 2.62. The summed E-state index contributed by atoms with van der Waals surface area (Å²) >= 11 is 0. The van der Waals surface area contributed by atoms with Crippen LogP contribution in [0.3, 0.4) is 0 Å². The van der Waals surface area contributed by atoms with Gasteiger partial charge in [0.05, 0.1) is 0 Å². The molecule has 7 aromatic carbocycles. The topological polar surface area (TPSA) is 6.48 Å². The quantitative estimate of drug-likeness (QED) is 0.167. The van der Waals surface area contributed by atoms with Crippen molar-refractivity contribution in [3.05, 3.63) is 157 Å². The second kappa shape index (κ2) is 10.9. The number of benzene rings is 7. The van der Waals surface area contributed by atoms with Crippen molar-refractivity contribution in [2.45, 2.75) is 52.4 Å². The lowest BCUT2D eigenvalue weighted by Gasteiger charge is -2.45. The molecule has 7 aromatic rings. The summed E-state index contributed by atoms with van der Waals surface area (Å²) in [5, 5.41) is 0. The number of hydrogen-bond acceptors (Lipinski definition) is 2. The molecule has 0 spiro atoms. The summed E-state index contributed by atoms with van der Waals surface area (Å²) in [4.78, 5) is 5.20. The number of para-hydroxylation sites is 2. The van der Waals surface area contributed by atoms with Crippen LogP contribution >= 0.6 is 0 Å². The van der Waals surface area contributed by atoms with E-state index in [0.29, 0.717) is 0 Å². The molecular weight excluding hydrogens is 650 g/mol. The normalized spacial score (nSPS) is 14.3. The molecule has 0 N–H and O–H groups in total. The Balaban J connectivity index is 1.32. The van der Waals surface area contributed by atoms with E-state index in [0.717, 1.165) is 0 Å². The van der Waals surface area contributed by atoms with Crippen molar-refractivity contribution >= 4 is 80.3 Å². The van der Waals surface area contributed by atoms with Crippen molar-refractivity contribution in [2.24, 2.45) is 0 Å². The Morgan fingerprint density at radius 1 is 0.389 bits per heavy atom. The van der Waals surface area contributed by atoms with Gasteiger partial charge in [0.15, 0.2) is 0 Å². The van der Waals surface area contributed by atoms with Crippen LogP contribution < -0.4 is 42.6 Å². The van der Waals surface area contributed by atoms with Crippen molar-refractivity contribution in [1.29, 1.82) is 0 Å². The van der Waals surface area contributed by atoms with Crippen molar-refractivity contribution in [3.8, 4) is 22.3 Å². The molecule has 258 valence electrons. The highest BCUT2D eigenvalue weighted by Crippen LogP contribution is 2.49. The van der Waals surface area contributed by atoms with Gasteiger partial charge < -0.3 is 9.80 Å². The third kappa shape index (κ3) is 4.20. The predicted molar refractivity (Wildman–Crippen MR) is 233 cm³/mol. The van der Waals surface area contributed by atoms with Crippen molar-refractivity contribution in [2.75, 3.05) is 9.80 Å². The molecule has 0 atom stereocenters. The molecule has 0 amide bonds. The van der Waals surface area contributed by atoms with Gasteiger partial charge in [0.2, 0.25) is 13.4 Å². The molecular formula is C50H42B2N2. The van der Waals surface area contributed by atoms with Gasteiger partial charge in [0, 0.05) is 34.1 Å². The minimum atomic E-state index is -0.193. The van der Waals surface area contributed by atoms with Crippen LogP contribution in [0.15, 0.2) is 146 Å². The molecule has 11 rings (SSSR count). The highest BCUT2D eigenvalue weighted by atomic mass is 15.2. The first-order chi connectivity index (χ1) is 26.1. The zero-order valence-corrected chi connectivity index (χ0v) is 31.9. The molecule has 0 saturated heterocycles. The van der Waals surface area contributed by atoms with E-state index in [1.54, 1.807) is 0 Å². The third-order valence-electron chi connectivity index (χ3n) is 12.5. The Kier molecular flexibility index (Phi) is 6.42. The molecule has 4 aliphatic rings. The molecule has 0 unspecified atom stereocenters. The summed E-state index contributed by atoms with van der Waals surface area (Å²) in [5.41, 5.74) is 24.2. The van der Waals surface area contributed by atoms with Crippen LogP contribution in [-0.4, -0.2) is 13.4 Å². The molecule has 0 aliphatic carbocycles. The van der Waals surface area contributed by atoms with Gasteiger partial charge in [0.1, 0.15) is 0 Å². The van der Waals surface area contributed by atoms with Crippen molar-refractivity contribution < 1.29 is 0 Å². The Labute approximate surface area is 320 Å². The molecule has 4 heteroatoms. The average molecular weight is 693 g/mol. The smallest absolute Gasteiger partial charge is 0.248 e. The lowest BCUT2D eigenvalue weighted by molar-refractivity contribution is 0.590. The molecule has 54 heavy (non-hydrogen) atoms. The molecule has 4 heterocycles. The molecule has 0 bridgehead atoms. The van der Waals surface area contributed by atoms with E-state index in [2.05, 4.69) is 197 Å². The maximum atomic E-state index is 2.62. The molecule has 0 fully saturated rings. The van der Waals surface area contributed by atoms with Crippen LogP contribution in [0.25, 0.3) is 22.3 Å². The number of nitrogens with zero attached hydrogens (tertiary/aromatic N) is 2. The first-order valence-electron chi connectivity index (χ1n) is 19.5. The summed E-state index contributed by atoms with van der Waals surface area (Å²) in [6, 6.07) is 55.2. The van der Waals surface area contributed by atoms with E-state index in [9.17, 15) is 0 Å². The summed E-state index contributed by atoms with van der Waals surface area (Å²) in [7, 11) is 0. The minimum Gasteiger partial charge on any atom is -0.312 e. The standard InChI is InChI=1S/C50H42B2N2/c1-49(2,3)31-27-28-39-37(29-31)36-23-16-26-42-45(36)51(39)40-30-43-47(44(50(4,5)6)48(40)54(42)33-19-11-8-12-20-33)52-38-24-14-13-21-34(38)35-22-15-25-41(46(35)52)53(43)32-17-9-7-10-18-32/h7-30H,1-6H3. The highest BCUT2D eigenvalue weighted by Gasteiger charge is 2.50. The summed E-state index contributed by atoms with van der Waals surface area (Å²) in [6.45, 7) is 14.5. The van der Waals surface area contributed by atoms with Gasteiger partial charge in [-0.1, -0.05) is 156 Å². The van der Waals surface area contributed by atoms with E-state index in [1.807, 2.05) is 0 Å². The van der Waals surface area contributed by atoms with E-state index >= 15 is 0 Å². The lowest BCUT2D eigenvalue weighted by atomic mass is 9.33. The molecule has 4 aliphatic heterocycles. The number of fused-ring (bicyclic) bond motifs is 10. The fraction of sp³-hybridized carbons (Fsp3) is 0.160. The number of rotatable bonds is 2. The van der Waals surface area contributed by atoms with Crippen LogP contribution in [0.2, 0.25) is 0 Å². The Hall–Kier alpha value is -5.73. The number of hydrogen-bond donors (Lipinski definition) is 0. The van der Waals surface area contributed by atoms with E-state index in [4.69, 9.17) is 0 Å². The fourth-order valence-corrected chi connectivity index (χ4v) is 10.3. The first-order valence-corrected chi connectivity index (χ1v) is 19.5. The van der Waals surface area contributed by atoms with Crippen LogP contribution in [0.4, 0.5) is 34.1 Å². The molecule has 0 aromatic heterocycles. The van der Waals surface area contributed by atoms with Crippen molar-refractivity contribution in [1.82, 2.24) is 0 Å².